The number of fused-ring (bicyclic) bond motifs is 3. The summed E-state index contributed by atoms with van der Waals surface area (Å²) in [6, 6.07) is 72.3. The fraction of sp³-hybridized carbons (Fsp3) is 0.0204. The summed E-state index contributed by atoms with van der Waals surface area (Å²) in [5.74, 6) is 0. The van der Waals surface area contributed by atoms with E-state index in [9.17, 15) is 0 Å². The molecule has 2 heteroatoms. The number of aryl methyl sites for hydroxylation is 1. The molecule has 1 heterocycles. The first kappa shape index (κ1) is 30.4. The molecule has 0 saturated carbocycles. The Morgan fingerprint density at radius 3 is 1.53 bits per heavy atom. The first-order valence-electron chi connectivity index (χ1n) is 17.5. The van der Waals surface area contributed by atoms with Gasteiger partial charge in [0.05, 0.1) is 16.7 Å². The largest absolute Gasteiger partial charge is 0.310 e. The van der Waals surface area contributed by atoms with Crippen LogP contribution in [-0.4, -0.2) is 4.57 Å². The Morgan fingerprint density at radius 1 is 0.373 bits per heavy atom. The number of para-hydroxylation sites is 1. The summed E-state index contributed by atoms with van der Waals surface area (Å²) < 4.78 is 2.41. The van der Waals surface area contributed by atoms with Crippen molar-refractivity contribution in [2.45, 2.75) is 6.92 Å². The molecule has 0 bridgehead atoms. The average molecular weight is 653 g/mol. The van der Waals surface area contributed by atoms with Crippen molar-refractivity contribution in [2.24, 2.45) is 0 Å². The van der Waals surface area contributed by atoms with Gasteiger partial charge in [0.25, 0.3) is 0 Å². The Hall–Kier alpha value is -6.64. The van der Waals surface area contributed by atoms with Crippen molar-refractivity contribution in [1.82, 2.24) is 4.57 Å². The van der Waals surface area contributed by atoms with Crippen molar-refractivity contribution in [3.63, 3.8) is 0 Å². The van der Waals surface area contributed by atoms with Gasteiger partial charge in [-0.15, -0.1) is 0 Å². The van der Waals surface area contributed by atoms with Crippen LogP contribution in [0.5, 0.6) is 0 Å². The van der Waals surface area contributed by atoms with Gasteiger partial charge in [0, 0.05) is 33.4 Å². The first-order valence-corrected chi connectivity index (χ1v) is 17.5. The number of aromatic nitrogens is 1. The Kier molecular flexibility index (Phi) is 7.75. The summed E-state index contributed by atoms with van der Waals surface area (Å²) in [6.07, 6.45) is 0. The molecule has 0 saturated heterocycles. The van der Waals surface area contributed by atoms with E-state index < -0.39 is 0 Å². The molecule has 0 spiro atoms. The molecule has 0 fully saturated rings. The van der Waals surface area contributed by atoms with Gasteiger partial charge in [-0.25, -0.2) is 0 Å². The van der Waals surface area contributed by atoms with E-state index in [1.165, 1.54) is 60.8 Å². The highest BCUT2D eigenvalue weighted by Crippen LogP contribution is 2.44. The van der Waals surface area contributed by atoms with Crippen molar-refractivity contribution >= 4 is 38.9 Å². The van der Waals surface area contributed by atoms with Crippen LogP contribution in [0.2, 0.25) is 0 Å². The quantitative estimate of drug-likeness (QED) is 0.166. The molecule has 9 aromatic rings. The fourth-order valence-electron chi connectivity index (χ4n) is 7.36. The molecule has 1 aromatic heterocycles. The molecule has 0 aliphatic carbocycles. The van der Waals surface area contributed by atoms with E-state index >= 15 is 0 Å². The number of nitrogens with zero attached hydrogens (tertiary/aromatic N) is 2. The third kappa shape index (κ3) is 5.67. The maximum Gasteiger partial charge on any atom is 0.0561 e. The number of hydrogen-bond donors (Lipinski definition) is 0. The van der Waals surface area contributed by atoms with Gasteiger partial charge >= 0.3 is 0 Å². The van der Waals surface area contributed by atoms with E-state index in [1.807, 2.05) is 0 Å². The molecule has 0 amide bonds. The zero-order valence-corrected chi connectivity index (χ0v) is 28.4. The van der Waals surface area contributed by atoms with E-state index in [0.717, 1.165) is 22.7 Å². The molecule has 8 aromatic carbocycles. The summed E-state index contributed by atoms with van der Waals surface area (Å²) in [4.78, 5) is 2.42. The van der Waals surface area contributed by atoms with Gasteiger partial charge in [-0.3, -0.25) is 0 Å². The van der Waals surface area contributed by atoms with Crippen LogP contribution in [0.3, 0.4) is 0 Å². The molecule has 0 unspecified atom stereocenters. The van der Waals surface area contributed by atoms with Crippen molar-refractivity contribution in [2.75, 3.05) is 4.90 Å². The molecule has 0 aliphatic heterocycles. The number of rotatable bonds is 7. The van der Waals surface area contributed by atoms with Crippen LogP contribution in [-0.2, 0) is 0 Å². The van der Waals surface area contributed by atoms with Crippen LogP contribution in [0.4, 0.5) is 17.1 Å². The maximum absolute atomic E-state index is 2.42. The van der Waals surface area contributed by atoms with Crippen LogP contribution in [0.1, 0.15) is 5.56 Å². The predicted molar refractivity (Wildman–Crippen MR) is 217 cm³/mol. The van der Waals surface area contributed by atoms with E-state index in [2.05, 4.69) is 217 Å². The maximum atomic E-state index is 2.42. The minimum Gasteiger partial charge on any atom is -0.310 e. The summed E-state index contributed by atoms with van der Waals surface area (Å²) in [5, 5.41) is 2.47. The van der Waals surface area contributed by atoms with Crippen LogP contribution in [0.15, 0.2) is 200 Å². The summed E-state index contributed by atoms with van der Waals surface area (Å²) >= 11 is 0. The molecule has 2 nitrogen and oxygen atoms in total. The van der Waals surface area contributed by atoms with Crippen molar-refractivity contribution < 1.29 is 0 Å². The van der Waals surface area contributed by atoms with E-state index in [4.69, 9.17) is 0 Å². The Balaban J connectivity index is 1.25. The van der Waals surface area contributed by atoms with Gasteiger partial charge in [-0.05, 0) is 88.8 Å². The summed E-state index contributed by atoms with van der Waals surface area (Å²) in [6.45, 7) is 2.18. The van der Waals surface area contributed by atoms with Crippen molar-refractivity contribution in [3.05, 3.63) is 206 Å². The van der Waals surface area contributed by atoms with Gasteiger partial charge in [0.15, 0.2) is 0 Å². The normalized spacial score (nSPS) is 11.2. The topological polar surface area (TPSA) is 8.17 Å². The zero-order valence-electron chi connectivity index (χ0n) is 28.4. The minimum atomic E-state index is 1.10. The predicted octanol–water partition coefficient (Wildman–Crippen LogP) is 13.6. The second-order valence-electron chi connectivity index (χ2n) is 13.1. The summed E-state index contributed by atoms with van der Waals surface area (Å²) in [7, 11) is 0. The van der Waals surface area contributed by atoms with Crippen LogP contribution in [0.25, 0.3) is 60.9 Å². The lowest BCUT2D eigenvalue weighted by Gasteiger charge is -2.29. The van der Waals surface area contributed by atoms with Crippen LogP contribution >= 0.6 is 0 Å². The third-order valence-electron chi connectivity index (χ3n) is 9.86. The smallest absolute Gasteiger partial charge is 0.0561 e. The standard InChI is InChI=1S/C49H36N2/c1-35-21-31-44(40-17-9-4-10-18-40)48(33-35)50(41-26-22-38(23-27-41)36-13-5-2-6-14-36)43-30-32-46-45-19-11-12-20-47(45)51(49(46)34-43)42-28-24-39(25-29-42)37-15-7-3-8-16-37/h2-34H,1H3. The molecule has 0 N–H and O–H groups in total. The second-order valence-corrected chi connectivity index (χ2v) is 13.1. The van der Waals surface area contributed by atoms with Gasteiger partial charge in [-0.2, -0.15) is 0 Å². The molecule has 51 heavy (non-hydrogen) atoms. The SMILES string of the molecule is Cc1ccc(-c2ccccc2)c(N(c2ccc(-c3ccccc3)cc2)c2ccc3c4ccccc4n(-c4ccc(-c5ccccc5)cc4)c3c2)c1. The second kappa shape index (κ2) is 13.0. The van der Waals surface area contributed by atoms with Gasteiger partial charge < -0.3 is 9.47 Å². The molecule has 9 rings (SSSR count). The highest BCUT2D eigenvalue weighted by molar-refractivity contribution is 6.10. The van der Waals surface area contributed by atoms with Gasteiger partial charge in [0.1, 0.15) is 0 Å². The zero-order chi connectivity index (χ0) is 34.1. The van der Waals surface area contributed by atoms with E-state index in [0.29, 0.717) is 0 Å². The van der Waals surface area contributed by atoms with Crippen LogP contribution in [0, 0.1) is 6.92 Å². The third-order valence-corrected chi connectivity index (χ3v) is 9.86. The lowest BCUT2D eigenvalue weighted by atomic mass is 9.99. The minimum absolute atomic E-state index is 1.10. The molecule has 0 atom stereocenters. The summed E-state index contributed by atoms with van der Waals surface area (Å²) in [5.41, 5.74) is 15.3. The van der Waals surface area contributed by atoms with E-state index in [-0.39, 0.29) is 0 Å². The highest BCUT2D eigenvalue weighted by atomic mass is 15.1. The van der Waals surface area contributed by atoms with Crippen molar-refractivity contribution in [3.8, 4) is 39.1 Å². The van der Waals surface area contributed by atoms with Gasteiger partial charge in [0.2, 0.25) is 0 Å². The van der Waals surface area contributed by atoms with E-state index in [1.54, 1.807) is 0 Å². The molecule has 242 valence electrons. The van der Waals surface area contributed by atoms with Crippen LogP contribution < -0.4 is 4.90 Å². The number of anilines is 3. The first-order chi connectivity index (χ1) is 25.2. The highest BCUT2D eigenvalue weighted by Gasteiger charge is 2.20. The van der Waals surface area contributed by atoms with Gasteiger partial charge in [-0.1, -0.05) is 152 Å². The number of benzene rings is 8. The molecular formula is C49H36N2. The molecule has 0 radical (unpaired) electrons. The lowest BCUT2D eigenvalue weighted by Crippen LogP contribution is -2.11. The Bertz CT molecular complexity index is 2600. The number of hydrogen-bond acceptors (Lipinski definition) is 1. The average Bonchev–Trinajstić information content (AvgIpc) is 3.53. The fourth-order valence-corrected chi connectivity index (χ4v) is 7.36. The molecular weight excluding hydrogens is 617 g/mol. The Morgan fingerprint density at radius 2 is 0.882 bits per heavy atom. The van der Waals surface area contributed by atoms with Crippen molar-refractivity contribution in [1.29, 1.82) is 0 Å². The Labute approximate surface area is 299 Å². The molecule has 0 aliphatic rings. The monoisotopic (exact) mass is 652 g/mol. The lowest BCUT2D eigenvalue weighted by molar-refractivity contribution is 1.18.